The number of carbonyl (C=O) groups is 1. The van der Waals surface area contributed by atoms with Crippen LogP contribution in [0, 0.1) is 5.41 Å². The molecule has 110 valence electrons. The highest BCUT2D eigenvalue weighted by molar-refractivity contribution is 9.10. The molecule has 0 unspecified atom stereocenters. The topological polar surface area (TPSA) is 58.6 Å². The Balaban J connectivity index is 1.75. The Hall–Kier alpha value is -0.780. The van der Waals surface area contributed by atoms with Crippen molar-refractivity contribution in [2.75, 3.05) is 19.8 Å². The minimum atomic E-state index is -0.156. The fourth-order valence-corrected chi connectivity index (χ4v) is 2.80. The van der Waals surface area contributed by atoms with E-state index in [0.29, 0.717) is 17.3 Å². The maximum Gasteiger partial charge on any atom is 0.257 e. The van der Waals surface area contributed by atoms with Crippen LogP contribution < -0.4 is 10.1 Å². The number of aliphatic hydroxyl groups excluding tert-OH is 1. The molecule has 0 aromatic heterocycles. The molecule has 0 heterocycles. The number of benzene rings is 1. The molecule has 2 rings (SSSR count). The summed E-state index contributed by atoms with van der Waals surface area (Å²) in [5.41, 5.74) is 0.116. The summed E-state index contributed by atoms with van der Waals surface area (Å²) in [6.45, 7) is 0.747. The third kappa shape index (κ3) is 4.36. The van der Waals surface area contributed by atoms with Gasteiger partial charge in [-0.15, -0.1) is 0 Å². The van der Waals surface area contributed by atoms with E-state index in [1.165, 1.54) is 0 Å². The van der Waals surface area contributed by atoms with Gasteiger partial charge in [-0.3, -0.25) is 4.79 Å². The lowest BCUT2D eigenvalue weighted by molar-refractivity contribution is -0.123. The number of aliphatic hydroxyl groups is 1. The molecule has 1 saturated carbocycles. The van der Waals surface area contributed by atoms with E-state index < -0.39 is 0 Å². The van der Waals surface area contributed by atoms with Gasteiger partial charge >= 0.3 is 0 Å². The third-order valence-electron chi connectivity index (χ3n) is 3.51. The van der Waals surface area contributed by atoms with Gasteiger partial charge in [0, 0.05) is 18.2 Å². The van der Waals surface area contributed by atoms with Crippen molar-refractivity contribution in [3.05, 3.63) is 27.7 Å². The molecule has 1 aliphatic carbocycles. The first-order valence-electron chi connectivity index (χ1n) is 6.50. The molecule has 1 aliphatic rings. The minimum Gasteiger partial charge on any atom is -0.483 e. The van der Waals surface area contributed by atoms with Gasteiger partial charge in [0.1, 0.15) is 5.75 Å². The van der Waals surface area contributed by atoms with Gasteiger partial charge in [0.25, 0.3) is 5.91 Å². The summed E-state index contributed by atoms with van der Waals surface area (Å²) in [6.07, 6.45) is 2.88. The van der Waals surface area contributed by atoms with E-state index in [-0.39, 0.29) is 24.5 Å². The summed E-state index contributed by atoms with van der Waals surface area (Å²) in [7, 11) is 0. The number of amides is 1. The zero-order valence-electron chi connectivity index (χ0n) is 11.0. The second-order valence-electron chi connectivity index (χ2n) is 5.11. The summed E-state index contributed by atoms with van der Waals surface area (Å²) in [4.78, 5) is 11.7. The van der Waals surface area contributed by atoms with E-state index in [9.17, 15) is 4.79 Å². The van der Waals surface area contributed by atoms with Crippen LogP contribution in [0.15, 0.2) is 22.7 Å². The summed E-state index contributed by atoms with van der Waals surface area (Å²) < 4.78 is 6.15. The molecule has 1 aromatic carbocycles. The molecule has 1 fully saturated rings. The second-order valence-corrected chi connectivity index (χ2v) is 6.40. The smallest absolute Gasteiger partial charge is 0.257 e. The molecule has 1 amide bonds. The molecule has 1 aromatic rings. The van der Waals surface area contributed by atoms with Crippen molar-refractivity contribution in [3.8, 4) is 5.75 Å². The van der Waals surface area contributed by atoms with Crippen molar-refractivity contribution in [1.29, 1.82) is 0 Å². The van der Waals surface area contributed by atoms with E-state index in [4.69, 9.17) is 21.4 Å². The molecule has 6 heteroatoms. The molecule has 0 bridgehead atoms. The van der Waals surface area contributed by atoms with Crippen LogP contribution in [-0.4, -0.2) is 30.8 Å². The van der Waals surface area contributed by atoms with Crippen molar-refractivity contribution in [3.63, 3.8) is 0 Å². The van der Waals surface area contributed by atoms with Gasteiger partial charge in [0.2, 0.25) is 0 Å². The number of nitrogens with one attached hydrogen (secondary N) is 1. The number of hydrogen-bond acceptors (Lipinski definition) is 3. The number of rotatable bonds is 7. The lowest BCUT2D eigenvalue weighted by Gasteiger charge is -2.15. The SMILES string of the molecule is O=C(COc1ccc(Cl)cc1Br)NCC1(CCO)CC1. The third-order valence-corrected chi connectivity index (χ3v) is 4.37. The Kier molecular flexibility index (Phi) is 5.29. The molecule has 4 nitrogen and oxygen atoms in total. The first kappa shape index (κ1) is 15.6. The highest BCUT2D eigenvalue weighted by Crippen LogP contribution is 2.47. The van der Waals surface area contributed by atoms with Crippen LogP contribution in [0.4, 0.5) is 0 Å². The molecule has 20 heavy (non-hydrogen) atoms. The fourth-order valence-electron chi connectivity index (χ4n) is 2.00. The van der Waals surface area contributed by atoms with Crippen LogP contribution in [0.25, 0.3) is 0 Å². The molecular formula is C14H17BrClNO3. The largest absolute Gasteiger partial charge is 0.483 e. The first-order chi connectivity index (χ1) is 9.54. The van der Waals surface area contributed by atoms with Gasteiger partial charge in [0.05, 0.1) is 4.47 Å². The predicted molar refractivity (Wildman–Crippen MR) is 81.0 cm³/mol. The van der Waals surface area contributed by atoms with E-state index in [1.54, 1.807) is 18.2 Å². The van der Waals surface area contributed by atoms with E-state index in [2.05, 4.69) is 21.2 Å². The zero-order valence-corrected chi connectivity index (χ0v) is 13.3. The number of hydrogen-bond donors (Lipinski definition) is 2. The van der Waals surface area contributed by atoms with Gasteiger partial charge in [-0.1, -0.05) is 11.6 Å². The molecule has 0 aliphatic heterocycles. The molecule has 0 radical (unpaired) electrons. The van der Waals surface area contributed by atoms with Crippen LogP contribution in [-0.2, 0) is 4.79 Å². The van der Waals surface area contributed by atoms with Crippen molar-refractivity contribution in [2.45, 2.75) is 19.3 Å². The van der Waals surface area contributed by atoms with Crippen molar-refractivity contribution in [2.24, 2.45) is 5.41 Å². The van der Waals surface area contributed by atoms with Crippen LogP contribution >= 0.6 is 27.5 Å². The van der Waals surface area contributed by atoms with E-state index >= 15 is 0 Å². The molecule has 0 saturated heterocycles. The van der Waals surface area contributed by atoms with Crippen molar-refractivity contribution in [1.82, 2.24) is 5.32 Å². The fraction of sp³-hybridized carbons (Fsp3) is 0.500. The van der Waals surface area contributed by atoms with Gasteiger partial charge in [-0.05, 0) is 58.8 Å². The Bertz CT molecular complexity index is 491. The predicted octanol–water partition coefficient (Wildman–Crippen LogP) is 2.76. The van der Waals surface area contributed by atoms with E-state index in [1.807, 2.05) is 0 Å². The Morgan fingerprint density at radius 3 is 2.85 bits per heavy atom. The van der Waals surface area contributed by atoms with Gasteiger partial charge in [-0.2, -0.15) is 0 Å². The average Bonchev–Trinajstić information content (AvgIpc) is 3.16. The average molecular weight is 363 g/mol. The molecule has 2 N–H and O–H groups in total. The highest BCUT2D eigenvalue weighted by atomic mass is 79.9. The van der Waals surface area contributed by atoms with Gasteiger partial charge in [0.15, 0.2) is 6.61 Å². The van der Waals surface area contributed by atoms with Crippen molar-refractivity contribution < 1.29 is 14.6 Å². The monoisotopic (exact) mass is 361 g/mol. The van der Waals surface area contributed by atoms with E-state index in [0.717, 1.165) is 23.7 Å². The zero-order chi connectivity index (χ0) is 14.6. The first-order valence-corrected chi connectivity index (χ1v) is 7.67. The minimum absolute atomic E-state index is 0.0323. The van der Waals surface area contributed by atoms with Crippen LogP contribution in [0.2, 0.25) is 5.02 Å². The van der Waals surface area contributed by atoms with Gasteiger partial charge in [-0.25, -0.2) is 0 Å². The Morgan fingerprint density at radius 2 is 2.25 bits per heavy atom. The van der Waals surface area contributed by atoms with Crippen molar-refractivity contribution >= 4 is 33.4 Å². The lowest BCUT2D eigenvalue weighted by Crippen LogP contribution is -2.34. The van der Waals surface area contributed by atoms with Crippen LogP contribution in [0.5, 0.6) is 5.75 Å². The standard InChI is InChI=1S/C14H17BrClNO3/c15-11-7-10(16)1-2-12(11)20-8-13(19)17-9-14(3-4-14)5-6-18/h1-2,7,18H,3-6,8-9H2,(H,17,19). The molecule has 0 spiro atoms. The van der Waals surface area contributed by atoms with Gasteiger partial charge < -0.3 is 15.2 Å². The summed E-state index contributed by atoms with van der Waals surface area (Å²) in [6, 6.07) is 5.14. The quantitative estimate of drug-likeness (QED) is 0.784. The second kappa shape index (κ2) is 6.78. The number of ether oxygens (including phenoxy) is 1. The Labute approximate surface area is 131 Å². The van der Waals surface area contributed by atoms with Crippen LogP contribution in [0.1, 0.15) is 19.3 Å². The summed E-state index contributed by atoms with van der Waals surface area (Å²) in [5.74, 6) is 0.428. The normalized spacial score (nSPS) is 15.8. The number of halogens is 2. The maximum absolute atomic E-state index is 11.7. The molecule has 0 atom stereocenters. The number of carbonyl (C=O) groups excluding carboxylic acids is 1. The highest BCUT2D eigenvalue weighted by Gasteiger charge is 2.41. The summed E-state index contributed by atoms with van der Waals surface area (Å²) in [5, 5.41) is 12.4. The molecular weight excluding hydrogens is 346 g/mol. The van der Waals surface area contributed by atoms with Crippen LogP contribution in [0.3, 0.4) is 0 Å². The summed E-state index contributed by atoms with van der Waals surface area (Å²) >= 11 is 9.16. The maximum atomic E-state index is 11.7. The Morgan fingerprint density at radius 1 is 1.50 bits per heavy atom. The lowest BCUT2D eigenvalue weighted by atomic mass is 10.0.